The van der Waals surface area contributed by atoms with Crippen LogP contribution >= 0.6 is 0 Å². The molecule has 0 bridgehead atoms. The molecule has 2 N–H and O–H groups in total. The fraction of sp³-hybridized carbons (Fsp3) is 1.00. The van der Waals surface area contributed by atoms with Gasteiger partial charge in [0.1, 0.15) is 0 Å². The number of nitrogens with one attached hydrogen (secondary N) is 1. The Bertz CT molecular complexity index is 174. The second-order valence-corrected chi connectivity index (χ2v) is 5.17. The maximum Gasteiger partial charge on any atom is 0.0613 e. The smallest absolute Gasteiger partial charge is 0.0613 e. The molecule has 84 valence electrons. The van der Waals surface area contributed by atoms with Gasteiger partial charge in [-0.05, 0) is 38.0 Å². The van der Waals surface area contributed by atoms with Crippen molar-refractivity contribution in [3.05, 3.63) is 0 Å². The second kappa shape index (κ2) is 4.19. The average molecular weight is 199 g/mol. The molecule has 1 aliphatic carbocycles. The SMILES string of the molecule is CCC(CC)(CO)NC(C)C1(C)CC1. The summed E-state index contributed by atoms with van der Waals surface area (Å²) in [6.07, 6.45) is 4.66. The maximum absolute atomic E-state index is 9.45. The van der Waals surface area contributed by atoms with E-state index in [0.717, 1.165) is 12.8 Å². The molecule has 1 unspecified atom stereocenters. The molecule has 0 amide bonds. The molecular formula is C12H25NO. The first-order valence-electron chi connectivity index (χ1n) is 5.90. The van der Waals surface area contributed by atoms with E-state index in [1.165, 1.54) is 12.8 Å². The van der Waals surface area contributed by atoms with Crippen molar-refractivity contribution in [3.63, 3.8) is 0 Å². The summed E-state index contributed by atoms with van der Waals surface area (Å²) in [5, 5.41) is 13.1. The van der Waals surface area contributed by atoms with Crippen LogP contribution in [0.4, 0.5) is 0 Å². The van der Waals surface area contributed by atoms with E-state index in [-0.39, 0.29) is 12.1 Å². The van der Waals surface area contributed by atoms with Crippen molar-refractivity contribution in [3.8, 4) is 0 Å². The van der Waals surface area contributed by atoms with Crippen LogP contribution in [0.5, 0.6) is 0 Å². The van der Waals surface area contributed by atoms with Gasteiger partial charge in [-0.3, -0.25) is 0 Å². The van der Waals surface area contributed by atoms with Gasteiger partial charge in [0.2, 0.25) is 0 Å². The Kier molecular flexibility index (Phi) is 3.59. The summed E-state index contributed by atoms with van der Waals surface area (Å²) in [5.41, 5.74) is 0.440. The molecule has 1 aliphatic rings. The Hall–Kier alpha value is -0.0800. The van der Waals surface area contributed by atoms with Crippen LogP contribution in [-0.2, 0) is 0 Å². The summed E-state index contributed by atoms with van der Waals surface area (Å²) in [5.74, 6) is 0. The van der Waals surface area contributed by atoms with Gasteiger partial charge in [0.05, 0.1) is 6.61 Å². The molecule has 0 heterocycles. The van der Waals surface area contributed by atoms with E-state index in [1.54, 1.807) is 0 Å². The molecule has 1 atom stereocenters. The Morgan fingerprint density at radius 3 is 2.14 bits per heavy atom. The second-order valence-electron chi connectivity index (χ2n) is 5.17. The normalized spacial score (nSPS) is 22.1. The van der Waals surface area contributed by atoms with Gasteiger partial charge < -0.3 is 10.4 Å². The summed E-state index contributed by atoms with van der Waals surface area (Å²) in [4.78, 5) is 0. The molecule has 2 nitrogen and oxygen atoms in total. The third-order valence-electron chi connectivity index (χ3n) is 4.26. The van der Waals surface area contributed by atoms with E-state index in [1.807, 2.05) is 0 Å². The first-order valence-corrected chi connectivity index (χ1v) is 5.90. The minimum Gasteiger partial charge on any atom is -0.394 e. The number of rotatable bonds is 6. The van der Waals surface area contributed by atoms with E-state index in [9.17, 15) is 5.11 Å². The molecule has 0 radical (unpaired) electrons. The molecule has 14 heavy (non-hydrogen) atoms. The number of aliphatic hydroxyl groups excluding tert-OH is 1. The highest BCUT2D eigenvalue weighted by atomic mass is 16.3. The van der Waals surface area contributed by atoms with Crippen LogP contribution in [0.25, 0.3) is 0 Å². The lowest BCUT2D eigenvalue weighted by atomic mass is 9.90. The van der Waals surface area contributed by atoms with E-state index < -0.39 is 0 Å². The predicted molar refractivity (Wildman–Crippen MR) is 60.3 cm³/mol. The monoisotopic (exact) mass is 199 g/mol. The topological polar surface area (TPSA) is 32.3 Å². The molecular weight excluding hydrogens is 174 g/mol. The van der Waals surface area contributed by atoms with Crippen LogP contribution in [0.15, 0.2) is 0 Å². The zero-order chi connectivity index (χ0) is 10.8. The molecule has 0 saturated heterocycles. The first-order chi connectivity index (χ1) is 6.52. The molecule has 1 saturated carbocycles. The highest BCUT2D eigenvalue weighted by molar-refractivity contribution is 5.00. The van der Waals surface area contributed by atoms with E-state index in [2.05, 4.69) is 33.0 Å². The van der Waals surface area contributed by atoms with Gasteiger partial charge in [0.25, 0.3) is 0 Å². The summed E-state index contributed by atoms with van der Waals surface area (Å²) in [6, 6.07) is 0.523. The van der Waals surface area contributed by atoms with E-state index in [4.69, 9.17) is 0 Å². The van der Waals surface area contributed by atoms with Gasteiger partial charge in [0.15, 0.2) is 0 Å². The quantitative estimate of drug-likeness (QED) is 0.688. The summed E-state index contributed by atoms with van der Waals surface area (Å²) >= 11 is 0. The lowest BCUT2D eigenvalue weighted by molar-refractivity contribution is 0.127. The zero-order valence-corrected chi connectivity index (χ0v) is 10.1. The number of aliphatic hydroxyl groups is 1. The number of hydrogen-bond donors (Lipinski definition) is 2. The largest absolute Gasteiger partial charge is 0.394 e. The van der Waals surface area contributed by atoms with Crippen LogP contribution in [0.1, 0.15) is 53.4 Å². The standard InChI is InChI=1S/C12H25NO/c1-5-12(6-2,9-14)13-10(3)11(4)7-8-11/h10,13-14H,5-9H2,1-4H3. The Morgan fingerprint density at radius 2 is 1.86 bits per heavy atom. The minimum absolute atomic E-state index is 0.0506. The van der Waals surface area contributed by atoms with Gasteiger partial charge in [-0.1, -0.05) is 20.8 Å². The van der Waals surface area contributed by atoms with E-state index in [0.29, 0.717) is 11.5 Å². The highest BCUT2D eigenvalue weighted by Crippen LogP contribution is 2.48. The molecule has 0 aromatic carbocycles. The molecule has 1 rings (SSSR count). The van der Waals surface area contributed by atoms with Crippen molar-refractivity contribution < 1.29 is 5.11 Å². The molecule has 0 aromatic rings. The van der Waals surface area contributed by atoms with Gasteiger partial charge in [-0.2, -0.15) is 0 Å². The lowest BCUT2D eigenvalue weighted by Gasteiger charge is -2.36. The van der Waals surface area contributed by atoms with Crippen molar-refractivity contribution >= 4 is 0 Å². The molecule has 2 heteroatoms. The number of hydrogen-bond acceptors (Lipinski definition) is 2. The summed E-state index contributed by atoms with van der Waals surface area (Å²) < 4.78 is 0. The summed E-state index contributed by atoms with van der Waals surface area (Å²) in [6.45, 7) is 9.13. The first kappa shape index (κ1) is 12.0. The van der Waals surface area contributed by atoms with Crippen molar-refractivity contribution in [2.45, 2.75) is 65.0 Å². The van der Waals surface area contributed by atoms with Gasteiger partial charge >= 0.3 is 0 Å². The van der Waals surface area contributed by atoms with Crippen molar-refractivity contribution in [1.29, 1.82) is 0 Å². The van der Waals surface area contributed by atoms with Crippen molar-refractivity contribution in [1.82, 2.24) is 5.32 Å². The van der Waals surface area contributed by atoms with Gasteiger partial charge in [-0.15, -0.1) is 0 Å². The minimum atomic E-state index is -0.0506. The zero-order valence-electron chi connectivity index (χ0n) is 10.1. The van der Waals surface area contributed by atoms with Crippen LogP contribution in [-0.4, -0.2) is 23.3 Å². The molecule has 0 aliphatic heterocycles. The Balaban J connectivity index is 2.54. The third-order valence-corrected chi connectivity index (χ3v) is 4.26. The van der Waals surface area contributed by atoms with Crippen molar-refractivity contribution in [2.24, 2.45) is 5.41 Å². The Labute approximate surface area is 88.1 Å². The summed E-state index contributed by atoms with van der Waals surface area (Å²) in [7, 11) is 0. The van der Waals surface area contributed by atoms with E-state index >= 15 is 0 Å². The van der Waals surface area contributed by atoms with Gasteiger partial charge in [0, 0.05) is 11.6 Å². The third kappa shape index (κ3) is 2.29. The van der Waals surface area contributed by atoms with Gasteiger partial charge in [-0.25, -0.2) is 0 Å². The highest BCUT2D eigenvalue weighted by Gasteiger charge is 2.44. The average Bonchev–Trinajstić information content (AvgIpc) is 2.94. The molecule has 0 spiro atoms. The van der Waals surface area contributed by atoms with Crippen LogP contribution in [0.3, 0.4) is 0 Å². The fourth-order valence-corrected chi connectivity index (χ4v) is 1.99. The fourth-order valence-electron chi connectivity index (χ4n) is 1.99. The lowest BCUT2D eigenvalue weighted by Crippen LogP contribution is -2.53. The molecule has 1 fully saturated rings. The maximum atomic E-state index is 9.45. The van der Waals surface area contributed by atoms with Crippen molar-refractivity contribution in [2.75, 3.05) is 6.61 Å². The Morgan fingerprint density at radius 1 is 1.36 bits per heavy atom. The van der Waals surface area contributed by atoms with Crippen LogP contribution in [0, 0.1) is 5.41 Å². The predicted octanol–water partition coefficient (Wildman–Crippen LogP) is 2.32. The van der Waals surface area contributed by atoms with Crippen LogP contribution in [0.2, 0.25) is 0 Å². The van der Waals surface area contributed by atoms with Crippen LogP contribution < -0.4 is 5.32 Å². The molecule has 0 aromatic heterocycles.